The topological polar surface area (TPSA) is 163 Å². The van der Waals surface area contributed by atoms with Gasteiger partial charge in [0.1, 0.15) is 45.8 Å². The monoisotopic (exact) mass is 950 g/mol. The molecule has 2 heterocycles. The molecule has 0 bridgehead atoms. The molecule has 0 aliphatic rings. The number of likely N-dealkylation sites (N-methyl/N-ethyl adjacent to an activating group) is 2. The number of ether oxygens (including phenoxy) is 4. The molecule has 0 spiro atoms. The van der Waals surface area contributed by atoms with Crippen molar-refractivity contribution in [2.75, 3.05) is 76.7 Å². The molecule has 0 aliphatic heterocycles. The van der Waals surface area contributed by atoms with Crippen LogP contribution in [0.15, 0.2) is 72.8 Å². The fourth-order valence-corrected chi connectivity index (χ4v) is 9.49. The number of thiophene rings is 2. The van der Waals surface area contributed by atoms with Crippen molar-refractivity contribution in [3.8, 4) is 33.8 Å². The second kappa shape index (κ2) is 27.1. The third kappa shape index (κ3) is 14.1. The van der Waals surface area contributed by atoms with Gasteiger partial charge in [0.15, 0.2) is 0 Å². The minimum Gasteiger partial charge on any atom is -0.870 e. The van der Waals surface area contributed by atoms with Gasteiger partial charge in [-0.3, -0.25) is 4.79 Å². The number of hydrogen-bond acceptors (Lipinski definition) is 13. The predicted molar refractivity (Wildman–Crippen MR) is 263 cm³/mol. The van der Waals surface area contributed by atoms with Crippen LogP contribution in [0.1, 0.15) is 80.3 Å². The second-order valence-corrected chi connectivity index (χ2v) is 17.0. The maximum Gasteiger partial charge on any atom is 1.00 e. The van der Waals surface area contributed by atoms with Crippen molar-refractivity contribution in [2.45, 2.75) is 62.3 Å². The van der Waals surface area contributed by atoms with Crippen molar-refractivity contribution in [2.24, 2.45) is 0 Å². The van der Waals surface area contributed by atoms with Gasteiger partial charge in [-0.15, -0.1) is 22.7 Å². The summed E-state index contributed by atoms with van der Waals surface area (Å²) < 4.78 is 24.9. The van der Waals surface area contributed by atoms with Crippen LogP contribution >= 0.6 is 22.7 Å². The van der Waals surface area contributed by atoms with Gasteiger partial charge < -0.3 is 45.3 Å². The summed E-state index contributed by atoms with van der Waals surface area (Å²) in [6.07, 6.45) is 0. The quantitative estimate of drug-likeness (QED) is 0.0600. The Morgan fingerprint density at radius 3 is 1.40 bits per heavy atom. The zero-order valence-corrected chi connectivity index (χ0v) is 44.3. The molecular weight excluding hydrogens is 888 g/mol. The normalized spacial score (nSPS) is 10.8. The van der Waals surface area contributed by atoms with Crippen LogP contribution in [0.4, 0.5) is 10.0 Å². The van der Waals surface area contributed by atoms with E-state index in [0.717, 1.165) is 93.2 Å². The average molecular weight is 951 g/mol. The number of fused-ring (bicyclic) bond motifs is 2. The number of nitrogens with zero attached hydrogens (tertiary/aromatic N) is 2. The van der Waals surface area contributed by atoms with Gasteiger partial charge in [0.25, 0.3) is 0 Å². The predicted octanol–water partition coefficient (Wildman–Crippen LogP) is 7.92. The maximum absolute atomic E-state index is 12.8. The maximum atomic E-state index is 12.8. The van der Waals surface area contributed by atoms with Crippen molar-refractivity contribution in [3.05, 3.63) is 95.1 Å². The first kappa shape index (κ1) is 55.5. The third-order valence-electron chi connectivity index (χ3n) is 10.7. The van der Waals surface area contributed by atoms with Crippen molar-refractivity contribution in [1.82, 2.24) is 9.80 Å². The van der Waals surface area contributed by atoms with E-state index in [2.05, 4.69) is 105 Å². The number of aryl methyl sites for hydroxylation is 2. The number of benzene rings is 4. The summed E-state index contributed by atoms with van der Waals surface area (Å²) in [6, 6.07) is 24.5. The first-order valence-corrected chi connectivity index (χ1v) is 23.4. The molecule has 0 aliphatic carbocycles. The molecule has 4 N–H and O–H groups in total. The largest absolute Gasteiger partial charge is 1.00 e. The summed E-state index contributed by atoms with van der Waals surface area (Å²) in [5.74, 6) is 0.407. The Morgan fingerprint density at radius 2 is 1.00 bits per heavy atom. The number of rotatable bonds is 19. The first-order valence-electron chi connectivity index (χ1n) is 21.8. The smallest absolute Gasteiger partial charge is 0.870 e. The van der Waals surface area contributed by atoms with Crippen molar-refractivity contribution in [3.63, 3.8) is 0 Å². The molecule has 0 radical (unpaired) electrons. The first-order chi connectivity index (χ1) is 30.4. The van der Waals surface area contributed by atoms with Crippen LogP contribution in [-0.4, -0.2) is 98.8 Å². The van der Waals surface area contributed by atoms with E-state index in [9.17, 15) is 14.4 Å². The van der Waals surface area contributed by atoms with Gasteiger partial charge in [0.2, 0.25) is 5.91 Å². The standard InChI is InChI=1S/C26H32N2O4S.C24H30N2O3S.K.H2O/c1-6-28(7-2)15-16-32-23-20(19-11-9-17(4)10-12-19)13-14-21-22(26(30)31-8-3)25(27-18(5)29)33-24(21)23;1-5-26(6-2)14-15-29-21-18(17-10-8-16(4)9-11-17)12-13-19-20(24(27)28-7-3)23(25)30-22(19)21;;/h9-14H,6-8,15-16H2,1-5H3,(H,27,29);8-13H,5-7,14-15,25H2,1-4H3;;1H2/q;;+1;/p-1. The molecular formula is C50H63KN4O8S2. The van der Waals surface area contributed by atoms with E-state index >= 15 is 0 Å². The average Bonchev–Trinajstić information content (AvgIpc) is 3.81. The third-order valence-corrected chi connectivity index (χ3v) is 12.9. The molecule has 6 rings (SSSR count). The Hall–Kier alpha value is -3.87. The van der Waals surface area contributed by atoms with Crippen LogP contribution in [0.3, 0.4) is 0 Å². The molecule has 12 nitrogen and oxygen atoms in total. The molecule has 15 heteroatoms. The molecule has 0 fully saturated rings. The molecule has 6 aromatic rings. The van der Waals surface area contributed by atoms with Crippen LogP contribution in [0.25, 0.3) is 42.4 Å². The van der Waals surface area contributed by atoms with Crippen LogP contribution in [0, 0.1) is 13.8 Å². The number of esters is 2. The van der Waals surface area contributed by atoms with Gasteiger partial charge in [-0.05, 0) is 77.1 Å². The number of carbonyl (C=O) groups excluding carboxylic acids is 3. The number of amides is 1. The molecule has 0 unspecified atom stereocenters. The molecule has 344 valence electrons. The van der Waals surface area contributed by atoms with E-state index < -0.39 is 11.9 Å². The summed E-state index contributed by atoms with van der Waals surface area (Å²) in [7, 11) is 0. The summed E-state index contributed by atoms with van der Waals surface area (Å²) in [5.41, 5.74) is 13.5. The number of hydrogen-bond donors (Lipinski definition) is 2. The number of nitrogens with two attached hydrogens (primary N) is 1. The van der Waals surface area contributed by atoms with E-state index in [-0.39, 0.29) is 69.4 Å². The summed E-state index contributed by atoms with van der Waals surface area (Å²) in [4.78, 5) is 41.7. The molecule has 0 saturated heterocycles. The number of nitrogen functional groups attached to an aromatic ring is 1. The zero-order valence-electron chi connectivity index (χ0n) is 39.6. The van der Waals surface area contributed by atoms with Crippen LogP contribution in [0.5, 0.6) is 11.5 Å². The van der Waals surface area contributed by atoms with Crippen molar-refractivity contribution in [1.29, 1.82) is 0 Å². The number of carbonyl (C=O) groups is 3. The molecule has 65 heavy (non-hydrogen) atoms. The molecule has 1 amide bonds. The van der Waals surface area contributed by atoms with Crippen LogP contribution in [-0.2, 0) is 14.3 Å². The minimum absolute atomic E-state index is 0. The Morgan fingerprint density at radius 1 is 0.600 bits per heavy atom. The fraction of sp³-hybridized carbons (Fsp3) is 0.380. The van der Waals surface area contributed by atoms with E-state index in [0.29, 0.717) is 40.9 Å². The fourth-order valence-electron chi connectivity index (χ4n) is 7.20. The van der Waals surface area contributed by atoms with Crippen molar-refractivity contribution >= 4 is 70.7 Å². The minimum atomic E-state index is -0.454. The zero-order chi connectivity index (χ0) is 45.6. The number of anilines is 2. The van der Waals surface area contributed by atoms with Crippen molar-refractivity contribution < 1.29 is 90.2 Å². The Kier molecular flexibility index (Phi) is 23.1. The number of nitrogens with one attached hydrogen (secondary N) is 1. The molecule has 0 atom stereocenters. The summed E-state index contributed by atoms with van der Waals surface area (Å²) in [6.45, 7) is 24.8. The van der Waals surface area contributed by atoms with Gasteiger partial charge >= 0.3 is 63.3 Å². The van der Waals surface area contributed by atoms with Gasteiger partial charge in [0, 0.05) is 41.9 Å². The molecule has 4 aromatic carbocycles. The van der Waals surface area contributed by atoms with E-state index in [4.69, 9.17) is 24.7 Å². The van der Waals surface area contributed by atoms with Crippen LogP contribution in [0.2, 0.25) is 0 Å². The Labute approximate surface area is 434 Å². The van der Waals surface area contributed by atoms with Gasteiger partial charge in [-0.2, -0.15) is 0 Å². The van der Waals surface area contributed by atoms with Crippen LogP contribution < -0.4 is 71.9 Å². The van der Waals surface area contributed by atoms with Gasteiger partial charge in [0.05, 0.1) is 22.6 Å². The summed E-state index contributed by atoms with van der Waals surface area (Å²) in [5, 5.41) is 5.24. The summed E-state index contributed by atoms with van der Waals surface area (Å²) >= 11 is 2.72. The molecule has 0 saturated carbocycles. The molecule has 2 aromatic heterocycles. The van der Waals surface area contributed by atoms with Gasteiger partial charge in [-0.1, -0.05) is 99.5 Å². The van der Waals surface area contributed by atoms with E-state index in [1.54, 1.807) is 13.8 Å². The van der Waals surface area contributed by atoms with E-state index in [1.165, 1.54) is 40.7 Å². The van der Waals surface area contributed by atoms with Gasteiger partial charge in [-0.25, -0.2) is 9.59 Å². The second-order valence-electron chi connectivity index (χ2n) is 14.9. The Balaban J connectivity index is 0.000000336. The SMILES string of the molecule is CCOC(=O)c1c(N)sc2c(OCCN(CC)CC)c(-c3ccc(C)cc3)ccc12.CCOC(=O)c1c(NC(C)=O)sc2c(OCCN(CC)CC)c(-c3ccc(C)cc3)ccc12.[K+].[OH-]. The van der Waals surface area contributed by atoms with E-state index in [1.807, 2.05) is 24.3 Å². The Bertz CT molecular complexity index is 2480.